The van der Waals surface area contributed by atoms with Crippen LogP contribution in [0.2, 0.25) is 0 Å². The fourth-order valence-electron chi connectivity index (χ4n) is 4.47. The zero-order chi connectivity index (χ0) is 23.7. The van der Waals surface area contributed by atoms with Crippen LogP contribution in [-0.4, -0.2) is 33.5 Å². The van der Waals surface area contributed by atoms with Crippen LogP contribution in [0, 0.1) is 5.82 Å². The van der Waals surface area contributed by atoms with Crippen molar-refractivity contribution < 1.29 is 35.5 Å². The van der Waals surface area contributed by atoms with Crippen molar-refractivity contribution in [1.29, 1.82) is 0 Å². The molecule has 0 fully saturated rings. The molecule has 0 bridgehead atoms. The number of fused-ring (bicyclic) bond motifs is 1. The molecule has 2 heterocycles. The molecule has 0 amide bonds. The van der Waals surface area contributed by atoms with Crippen LogP contribution in [0.3, 0.4) is 0 Å². The van der Waals surface area contributed by atoms with Crippen LogP contribution < -0.4 is 17.0 Å². The van der Waals surface area contributed by atoms with Crippen LogP contribution in [0.25, 0.3) is 0 Å². The molecule has 1 aromatic heterocycles. The van der Waals surface area contributed by atoms with Gasteiger partial charge in [-0.15, -0.1) is 0 Å². The molecule has 7 heteroatoms. The molecule has 0 radical (unpaired) electrons. The normalized spacial score (nSPS) is 16.6. The van der Waals surface area contributed by atoms with Gasteiger partial charge in [-0.25, -0.2) is 8.97 Å². The smallest absolute Gasteiger partial charge is 0.227 e. The van der Waals surface area contributed by atoms with E-state index in [9.17, 15) is 14.0 Å². The number of hydrogen-bond acceptors (Lipinski definition) is 2. The van der Waals surface area contributed by atoms with Crippen molar-refractivity contribution >= 4 is 33.7 Å². The van der Waals surface area contributed by atoms with Crippen molar-refractivity contribution in [3.8, 4) is 0 Å². The van der Waals surface area contributed by atoms with Gasteiger partial charge in [-0.1, -0.05) is 58.4 Å². The summed E-state index contributed by atoms with van der Waals surface area (Å²) in [5, 5.41) is 0. The number of carbonyl (C=O) groups excluding carboxylic acids is 2. The van der Waals surface area contributed by atoms with Gasteiger partial charge in [0, 0.05) is 27.4 Å². The second kappa shape index (κ2) is 10.6. The summed E-state index contributed by atoms with van der Waals surface area (Å²) < 4.78 is 18.4. The number of Topliss-reactive ketones (excluding diaryl/α,β-unsaturated/α-hetero) is 2. The summed E-state index contributed by atoms with van der Waals surface area (Å²) in [5.74, 6) is -0.572. The number of rotatable bonds is 6. The lowest BCUT2D eigenvalue weighted by molar-refractivity contribution is -0.563. The molecule has 4 aromatic rings. The van der Waals surface area contributed by atoms with Crippen LogP contribution in [0.15, 0.2) is 102 Å². The van der Waals surface area contributed by atoms with Crippen molar-refractivity contribution in [3.05, 3.63) is 130 Å². The lowest BCUT2D eigenvalue weighted by atomic mass is 9.90. The predicted molar refractivity (Wildman–Crippen MR) is 132 cm³/mol. The summed E-state index contributed by atoms with van der Waals surface area (Å²) in [4.78, 5) is 27.0. The molecule has 0 aliphatic carbocycles. The second-order valence-corrected chi connectivity index (χ2v) is 9.16. The highest BCUT2D eigenvalue weighted by molar-refractivity contribution is 9.10. The van der Waals surface area contributed by atoms with Crippen LogP contribution in [0.5, 0.6) is 0 Å². The van der Waals surface area contributed by atoms with E-state index in [0.717, 1.165) is 15.7 Å². The second-order valence-electron chi connectivity index (χ2n) is 8.24. The first-order valence-electron chi connectivity index (χ1n) is 10.9. The molecule has 4 nitrogen and oxygen atoms in total. The Morgan fingerprint density at radius 3 is 2.23 bits per heavy atom. The third kappa shape index (κ3) is 5.11. The van der Waals surface area contributed by atoms with Gasteiger partial charge in [0.25, 0.3) is 0 Å². The molecular weight excluding hydrogens is 575 g/mol. The predicted octanol–water partition coefficient (Wildman–Crippen LogP) is 2.89. The Labute approximate surface area is 221 Å². The number of halogens is 3. The van der Waals surface area contributed by atoms with E-state index in [1.165, 1.54) is 24.3 Å². The molecule has 0 saturated heterocycles. The van der Waals surface area contributed by atoms with E-state index in [2.05, 4.69) is 15.9 Å². The number of hydrogen-bond donors (Lipinski definition) is 0. The van der Waals surface area contributed by atoms with E-state index < -0.39 is 17.9 Å². The maximum Gasteiger partial charge on any atom is 0.227 e. The number of ketones is 2. The Kier molecular flexibility index (Phi) is 7.57. The molecule has 1 aliphatic heterocycles. The fourth-order valence-corrected chi connectivity index (χ4v) is 4.73. The molecule has 0 spiro atoms. The van der Waals surface area contributed by atoms with Crippen LogP contribution in [-0.2, 0) is 0 Å². The fraction of sp³-hybridized carbons (Fsp3) is 0.107. The Hall–Kier alpha value is -3.16. The minimum Gasteiger partial charge on any atom is -1.00 e. The third-order valence-electron chi connectivity index (χ3n) is 6.10. The largest absolute Gasteiger partial charge is 1.00 e. The SMILES string of the molecule is O=C(C[N+]1=Cc2cccn2[C@H](C(=O)c2ccc(F)cc2)[C@H]1c1ccc(Br)cc1)c1ccccc1.[Br-]. The van der Waals surface area contributed by atoms with Crippen molar-refractivity contribution in [1.82, 2.24) is 4.57 Å². The number of carbonyl (C=O) groups is 2. The highest BCUT2D eigenvalue weighted by atomic mass is 79.9. The van der Waals surface area contributed by atoms with Gasteiger partial charge < -0.3 is 21.5 Å². The van der Waals surface area contributed by atoms with E-state index in [4.69, 9.17) is 0 Å². The number of aromatic nitrogens is 1. The van der Waals surface area contributed by atoms with Gasteiger partial charge in [-0.2, -0.15) is 0 Å². The zero-order valence-electron chi connectivity index (χ0n) is 18.5. The molecule has 1 aliphatic rings. The molecule has 35 heavy (non-hydrogen) atoms. The van der Waals surface area contributed by atoms with Gasteiger partial charge in [0.15, 0.2) is 18.0 Å². The Balaban J connectivity index is 0.00000289. The molecule has 0 saturated carbocycles. The molecule has 2 atom stereocenters. The highest BCUT2D eigenvalue weighted by Gasteiger charge is 2.43. The zero-order valence-corrected chi connectivity index (χ0v) is 21.7. The Bertz CT molecular complexity index is 1380. The summed E-state index contributed by atoms with van der Waals surface area (Å²) in [6, 6.07) is 25.3. The molecule has 176 valence electrons. The Morgan fingerprint density at radius 1 is 0.857 bits per heavy atom. The van der Waals surface area contributed by atoms with Crippen molar-refractivity contribution in [2.45, 2.75) is 12.1 Å². The molecular formula is C28H21Br2FN2O2. The van der Waals surface area contributed by atoms with E-state index in [1.807, 2.05) is 76.2 Å². The van der Waals surface area contributed by atoms with Gasteiger partial charge in [0.1, 0.15) is 11.5 Å². The average molecular weight is 596 g/mol. The van der Waals surface area contributed by atoms with E-state index in [1.54, 1.807) is 12.1 Å². The van der Waals surface area contributed by atoms with Crippen molar-refractivity contribution in [2.24, 2.45) is 0 Å². The van der Waals surface area contributed by atoms with Crippen molar-refractivity contribution in [2.75, 3.05) is 6.54 Å². The van der Waals surface area contributed by atoms with E-state index >= 15 is 0 Å². The molecule has 5 rings (SSSR count). The summed E-state index contributed by atoms with van der Waals surface area (Å²) in [6.07, 6.45) is 3.81. The lowest BCUT2D eigenvalue weighted by Crippen LogP contribution is -3.00. The van der Waals surface area contributed by atoms with Gasteiger partial charge in [-0.05, 0) is 48.5 Å². The first-order chi connectivity index (χ1) is 16.5. The monoisotopic (exact) mass is 594 g/mol. The lowest BCUT2D eigenvalue weighted by Gasteiger charge is -2.30. The van der Waals surface area contributed by atoms with Gasteiger partial charge in [0.2, 0.25) is 18.4 Å². The maximum atomic E-state index is 13.8. The van der Waals surface area contributed by atoms with Crippen LogP contribution in [0.1, 0.15) is 44.1 Å². The first kappa shape index (κ1) is 24.9. The minimum absolute atomic E-state index is 0. The topological polar surface area (TPSA) is 42.1 Å². The standard InChI is InChI=1S/C28H21BrFN2O2.BrH/c29-22-12-8-20(9-13-22)26-27(28(34)21-10-14-23(30)15-11-21)32-16-4-7-24(32)17-31(26)18-25(33)19-5-2-1-3-6-19;/h1-17,26-27H,18H2;1H/q+1;/p-1/t26-,27+;/m1./s1. The maximum absolute atomic E-state index is 13.8. The quantitative estimate of drug-likeness (QED) is 0.254. The minimum atomic E-state index is -0.634. The van der Waals surface area contributed by atoms with Crippen LogP contribution >= 0.6 is 15.9 Å². The third-order valence-corrected chi connectivity index (χ3v) is 6.63. The van der Waals surface area contributed by atoms with Crippen molar-refractivity contribution in [3.63, 3.8) is 0 Å². The number of nitrogens with zero attached hydrogens (tertiary/aromatic N) is 2. The van der Waals surface area contributed by atoms with Crippen LogP contribution in [0.4, 0.5) is 4.39 Å². The Morgan fingerprint density at radius 2 is 1.54 bits per heavy atom. The van der Waals surface area contributed by atoms with Gasteiger partial charge in [0.05, 0.1) is 0 Å². The first-order valence-corrected chi connectivity index (χ1v) is 11.7. The molecule has 0 unspecified atom stereocenters. The summed E-state index contributed by atoms with van der Waals surface area (Å²) in [5.41, 5.74) is 2.77. The van der Waals surface area contributed by atoms with E-state index in [0.29, 0.717) is 11.1 Å². The molecule has 0 N–H and O–H groups in total. The summed E-state index contributed by atoms with van der Waals surface area (Å²) in [7, 11) is 0. The summed E-state index contributed by atoms with van der Waals surface area (Å²) in [6.45, 7) is 0.114. The van der Waals surface area contributed by atoms with Gasteiger partial charge in [-0.3, -0.25) is 9.59 Å². The molecule has 3 aromatic carbocycles. The van der Waals surface area contributed by atoms with E-state index in [-0.39, 0.29) is 35.1 Å². The summed E-state index contributed by atoms with van der Waals surface area (Å²) >= 11 is 3.48. The highest BCUT2D eigenvalue weighted by Crippen LogP contribution is 2.37. The van der Waals surface area contributed by atoms with Gasteiger partial charge >= 0.3 is 0 Å². The number of benzene rings is 3. The average Bonchev–Trinajstić information content (AvgIpc) is 3.33.